The van der Waals surface area contributed by atoms with Gasteiger partial charge in [0.15, 0.2) is 0 Å². The Kier molecular flexibility index (Phi) is 8.52. The van der Waals surface area contributed by atoms with Gasteiger partial charge in [0.05, 0.1) is 5.69 Å². The smallest absolute Gasteiger partial charge is 0.408 e. The second-order valence-electron chi connectivity index (χ2n) is 12.8. The van der Waals surface area contributed by atoms with E-state index < -0.39 is 17.2 Å². The van der Waals surface area contributed by atoms with Crippen molar-refractivity contribution in [1.82, 2.24) is 20.4 Å². The van der Waals surface area contributed by atoms with Gasteiger partial charge >= 0.3 is 6.09 Å². The molecule has 2 aromatic carbocycles. The number of amides is 1. The molecule has 4 aromatic rings. The molecular weight excluding hydrogens is 516 g/mol. The van der Waals surface area contributed by atoms with Gasteiger partial charge in [-0.1, -0.05) is 68.4 Å². The third kappa shape index (κ3) is 7.93. The number of rotatable bonds is 8. The maximum atomic E-state index is 12.3. The van der Waals surface area contributed by atoms with Crippen LogP contribution in [0.25, 0.3) is 11.4 Å². The van der Waals surface area contributed by atoms with E-state index in [0.717, 1.165) is 17.0 Å². The van der Waals surface area contributed by atoms with E-state index in [0.29, 0.717) is 18.3 Å². The van der Waals surface area contributed by atoms with Gasteiger partial charge in [0.2, 0.25) is 5.82 Å². The number of nitrogens with one attached hydrogen (secondary N) is 1. The molecule has 1 N–H and O–H groups in total. The van der Waals surface area contributed by atoms with E-state index in [9.17, 15) is 4.79 Å². The summed E-state index contributed by atoms with van der Waals surface area (Å²) in [5.41, 5.74) is 2.55. The molecule has 1 amide bonds. The summed E-state index contributed by atoms with van der Waals surface area (Å²) >= 11 is 0. The Bertz CT molecular complexity index is 1430. The maximum Gasteiger partial charge on any atom is 0.408 e. The van der Waals surface area contributed by atoms with Crippen LogP contribution in [0.15, 0.2) is 77.4 Å². The first-order chi connectivity index (χ1) is 19.2. The molecule has 0 fully saturated rings. The van der Waals surface area contributed by atoms with Crippen molar-refractivity contribution in [3.63, 3.8) is 0 Å². The highest BCUT2D eigenvalue weighted by atomic mass is 16.6. The maximum absolute atomic E-state index is 12.3. The molecule has 0 aliphatic carbocycles. The summed E-state index contributed by atoms with van der Waals surface area (Å²) in [6.07, 6.45) is 1.22. The van der Waals surface area contributed by atoms with Gasteiger partial charge in [0.1, 0.15) is 23.5 Å². The Morgan fingerprint density at radius 3 is 2.07 bits per heavy atom. The molecule has 4 rings (SSSR count). The largest absolute Gasteiger partial charge is 0.487 e. The first-order valence-electron chi connectivity index (χ1n) is 13.8. The fourth-order valence-corrected chi connectivity index (χ4v) is 4.62. The Morgan fingerprint density at radius 2 is 1.51 bits per heavy atom. The topological polar surface area (TPSA) is 99.4 Å². The van der Waals surface area contributed by atoms with E-state index >= 15 is 0 Å². The van der Waals surface area contributed by atoms with Crippen LogP contribution >= 0.6 is 0 Å². The lowest BCUT2D eigenvalue weighted by Crippen LogP contribution is -2.44. The zero-order valence-corrected chi connectivity index (χ0v) is 25.2. The number of nitrogens with zero attached hydrogens (tertiary/aromatic N) is 3. The number of hydrogen-bond donors (Lipinski definition) is 1. The first-order valence-corrected chi connectivity index (χ1v) is 13.8. The van der Waals surface area contributed by atoms with E-state index in [1.165, 1.54) is 11.1 Å². The standard InChI is InChI=1S/C33H40N4O4/c1-31(2,3)27(23-16-18-26(19-17-23)39-21-25-11-9-10-20-34-25)22-12-14-24(15-13-22)28-35-29(41-37-28)33(7,8)36-30(38)40-32(4,5)6/h9-20,27H,21H2,1-8H3,(H,36,38). The highest BCUT2D eigenvalue weighted by molar-refractivity contribution is 5.68. The Hall–Kier alpha value is -4.20. The number of alkyl carbamates (subject to hydrolysis) is 1. The van der Waals surface area contributed by atoms with E-state index in [4.69, 9.17) is 14.0 Å². The number of benzene rings is 2. The number of carbonyl (C=O) groups excluding carboxylic acids is 1. The lowest BCUT2D eigenvalue weighted by molar-refractivity contribution is 0.0451. The highest BCUT2D eigenvalue weighted by Crippen LogP contribution is 2.41. The molecule has 0 saturated heterocycles. The van der Waals surface area contributed by atoms with Crippen molar-refractivity contribution in [2.45, 2.75) is 79.1 Å². The van der Waals surface area contributed by atoms with Gasteiger partial charge in [0.25, 0.3) is 5.89 Å². The van der Waals surface area contributed by atoms with Crippen LogP contribution in [0.4, 0.5) is 4.79 Å². The zero-order chi connectivity index (χ0) is 29.8. The molecule has 1 atom stereocenters. The summed E-state index contributed by atoms with van der Waals surface area (Å²) in [5.74, 6) is 1.70. The molecule has 0 aliphatic heterocycles. The fraction of sp³-hybridized carbons (Fsp3) is 0.394. The zero-order valence-electron chi connectivity index (χ0n) is 25.2. The molecule has 0 radical (unpaired) electrons. The molecule has 2 heterocycles. The van der Waals surface area contributed by atoms with Gasteiger partial charge < -0.3 is 19.3 Å². The molecule has 8 heteroatoms. The fourth-order valence-electron chi connectivity index (χ4n) is 4.62. The highest BCUT2D eigenvalue weighted by Gasteiger charge is 2.32. The average Bonchev–Trinajstić information content (AvgIpc) is 3.39. The molecule has 0 bridgehead atoms. The molecule has 0 saturated carbocycles. The number of carbonyl (C=O) groups is 1. The van der Waals surface area contributed by atoms with Crippen molar-refractivity contribution in [2.24, 2.45) is 5.41 Å². The van der Waals surface area contributed by atoms with E-state index in [1.54, 1.807) is 20.0 Å². The number of pyridine rings is 1. The summed E-state index contributed by atoms with van der Waals surface area (Å²) in [6.45, 7) is 16.2. The van der Waals surface area contributed by atoms with E-state index in [-0.39, 0.29) is 11.3 Å². The molecule has 0 spiro atoms. The third-order valence-corrected chi connectivity index (χ3v) is 6.47. The molecule has 1 unspecified atom stereocenters. The summed E-state index contributed by atoms with van der Waals surface area (Å²) in [4.78, 5) is 21.2. The van der Waals surface area contributed by atoms with Gasteiger partial charge in [-0.2, -0.15) is 4.98 Å². The van der Waals surface area contributed by atoms with Crippen molar-refractivity contribution in [3.8, 4) is 17.1 Å². The third-order valence-electron chi connectivity index (χ3n) is 6.47. The van der Waals surface area contributed by atoms with Crippen molar-refractivity contribution < 1.29 is 18.8 Å². The predicted molar refractivity (Wildman–Crippen MR) is 158 cm³/mol. The number of ether oxygens (including phenoxy) is 2. The van der Waals surface area contributed by atoms with Crippen LogP contribution in [0.3, 0.4) is 0 Å². The van der Waals surface area contributed by atoms with E-state index in [1.807, 2.05) is 63.2 Å². The van der Waals surface area contributed by atoms with Crippen molar-refractivity contribution in [3.05, 3.63) is 95.6 Å². The van der Waals surface area contributed by atoms with Crippen molar-refractivity contribution >= 4 is 6.09 Å². The summed E-state index contributed by atoms with van der Waals surface area (Å²) in [5, 5.41) is 6.97. The lowest BCUT2D eigenvalue weighted by Gasteiger charge is -2.32. The van der Waals surface area contributed by atoms with Crippen LogP contribution < -0.4 is 10.1 Å². The van der Waals surface area contributed by atoms with Gasteiger partial charge in [-0.15, -0.1) is 0 Å². The van der Waals surface area contributed by atoms with Crippen LogP contribution in [0, 0.1) is 5.41 Å². The van der Waals surface area contributed by atoms with Gasteiger partial charge in [-0.25, -0.2) is 4.79 Å². The average molecular weight is 557 g/mol. The Labute approximate surface area is 242 Å². The molecule has 41 heavy (non-hydrogen) atoms. The monoisotopic (exact) mass is 556 g/mol. The van der Waals surface area contributed by atoms with Gasteiger partial charge in [0, 0.05) is 17.7 Å². The summed E-state index contributed by atoms with van der Waals surface area (Å²) in [7, 11) is 0. The molecule has 0 aliphatic rings. The minimum Gasteiger partial charge on any atom is -0.487 e. The first kappa shape index (κ1) is 29.8. The van der Waals surface area contributed by atoms with Crippen LogP contribution in [-0.2, 0) is 16.9 Å². The van der Waals surface area contributed by atoms with Crippen LogP contribution in [-0.4, -0.2) is 26.8 Å². The van der Waals surface area contributed by atoms with Crippen LogP contribution in [0.1, 0.15) is 84.0 Å². The molecular formula is C33H40N4O4. The van der Waals surface area contributed by atoms with Gasteiger partial charge in [-0.05, 0) is 75.4 Å². The van der Waals surface area contributed by atoms with Gasteiger partial charge in [-0.3, -0.25) is 4.98 Å². The number of aromatic nitrogens is 3. The SMILES string of the molecule is CC(C)(C)OC(=O)NC(C)(C)c1nc(-c2ccc(C(c3ccc(OCc4ccccn4)cc3)C(C)(C)C)cc2)no1. The van der Waals surface area contributed by atoms with Crippen LogP contribution in [0.5, 0.6) is 5.75 Å². The second-order valence-corrected chi connectivity index (χ2v) is 12.8. The summed E-state index contributed by atoms with van der Waals surface area (Å²) < 4.78 is 16.8. The summed E-state index contributed by atoms with van der Waals surface area (Å²) in [6, 6.07) is 22.3. The minimum atomic E-state index is -0.904. The molecule has 2 aromatic heterocycles. The molecule has 8 nitrogen and oxygen atoms in total. The minimum absolute atomic E-state index is 0.0332. The van der Waals surface area contributed by atoms with Crippen LogP contribution in [0.2, 0.25) is 0 Å². The normalized spacial score (nSPS) is 13.0. The van der Waals surface area contributed by atoms with Crippen molar-refractivity contribution in [2.75, 3.05) is 0 Å². The Morgan fingerprint density at radius 1 is 0.878 bits per heavy atom. The quantitative estimate of drug-likeness (QED) is 0.238. The molecule has 216 valence electrons. The predicted octanol–water partition coefficient (Wildman–Crippen LogP) is 7.65. The van der Waals surface area contributed by atoms with Crippen molar-refractivity contribution in [1.29, 1.82) is 0 Å². The van der Waals surface area contributed by atoms with E-state index in [2.05, 4.69) is 65.5 Å². The lowest BCUT2D eigenvalue weighted by atomic mass is 9.72. The Balaban J connectivity index is 1.48. The number of hydrogen-bond acceptors (Lipinski definition) is 7. The second kappa shape index (κ2) is 11.7.